The molecule has 104 valence electrons. The topological polar surface area (TPSA) is 66.4 Å². The number of carbonyl (C=O) groups excluding carboxylic acids is 1. The maximum atomic E-state index is 11.9. The van der Waals surface area contributed by atoms with Gasteiger partial charge in [-0.25, -0.2) is 4.79 Å². The van der Waals surface area contributed by atoms with Gasteiger partial charge in [-0.2, -0.15) is 0 Å². The summed E-state index contributed by atoms with van der Waals surface area (Å²) in [5.41, 5.74) is 0.250. The number of carboxylic acid groups (broad SMARTS) is 1. The lowest BCUT2D eigenvalue weighted by Crippen LogP contribution is -2.40. The Bertz CT molecular complexity index is 457. The lowest BCUT2D eigenvalue weighted by molar-refractivity contribution is -0.139. The molecule has 0 aliphatic carbocycles. The van der Waals surface area contributed by atoms with Gasteiger partial charge in [0.05, 0.1) is 0 Å². The number of rotatable bonds is 6. The molecule has 0 radical (unpaired) electrons. The summed E-state index contributed by atoms with van der Waals surface area (Å²) < 4.78 is 0. The Morgan fingerprint density at radius 3 is 2.32 bits per heavy atom. The second kappa shape index (κ2) is 7.36. The van der Waals surface area contributed by atoms with E-state index in [0.29, 0.717) is 16.5 Å². The average Bonchev–Trinajstić information content (AvgIpc) is 2.32. The standard InChI is InChI=1S/C13H15Cl2NO3/c1-2-3-4-11(13(18)19)16-12(17)8-5-9(14)7-10(15)6-8/h5-7,11H,2-4H2,1H3,(H,16,17)(H,18,19). The zero-order valence-electron chi connectivity index (χ0n) is 10.5. The lowest BCUT2D eigenvalue weighted by atomic mass is 10.1. The molecule has 1 amide bonds. The molecule has 6 heteroatoms. The maximum Gasteiger partial charge on any atom is 0.326 e. The van der Waals surface area contributed by atoms with E-state index in [2.05, 4.69) is 5.32 Å². The molecule has 2 N–H and O–H groups in total. The van der Waals surface area contributed by atoms with Gasteiger partial charge in [0.1, 0.15) is 6.04 Å². The number of hydrogen-bond acceptors (Lipinski definition) is 2. The highest BCUT2D eigenvalue weighted by Gasteiger charge is 2.20. The second-order valence-electron chi connectivity index (χ2n) is 4.16. The fourth-order valence-corrected chi connectivity index (χ4v) is 2.12. The largest absolute Gasteiger partial charge is 0.480 e. The van der Waals surface area contributed by atoms with Crippen LogP contribution in [0.15, 0.2) is 18.2 Å². The molecule has 4 nitrogen and oxygen atoms in total. The summed E-state index contributed by atoms with van der Waals surface area (Å²) in [4.78, 5) is 23.0. The van der Waals surface area contributed by atoms with Crippen LogP contribution in [0.25, 0.3) is 0 Å². The minimum atomic E-state index is -1.05. The van der Waals surface area contributed by atoms with E-state index in [1.54, 1.807) is 0 Å². The lowest BCUT2D eigenvalue weighted by Gasteiger charge is -2.14. The zero-order chi connectivity index (χ0) is 14.4. The summed E-state index contributed by atoms with van der Waals surface area (Å²) in [7, 11) is 0. The van der Waals surface area contributed by atoms with Gasteiger partial charge in [-0.3, -0.25) is 4.79 Å². The number of nitrogens with one attached hydrogen (secondary N) is 1. The highest BCUT2D eigenvalue weighted by atomic mass is 35.5. The van der Waals surface area contributed by atoms with E-state index in [-0.39, 0.29) is 5.56 Å². The average molecular weight is 304 g/mol. The molecule has 0 bridgehead atoms. The second-order valence-corrected chi connectivity index (χ2v) is 5.04. The van der Waals surface area contributed by atoms with Crippen molar-refractivity contribution in [3.63, 3.8) is 0 Å². The monoisotopic (exact) mass is 303 g/mol. The Balaban J connectivity index is 2.78. The third-order valence-electron chi connectivity index (χ3n) is 2.57. The van der Waals surface area contributed by atoms with Crippen LogP contribution in [0.4, 0.5) is 0 Å². The molecule has 1 unspecified atom stereocenters. The van der Waals surface area contributed by atoms with E-state index in [9.17, 15) is 9.59 Å². The third-order valence-corrected chi connectivity index (χ3v) is 3.01. The van der Waals surface area contributed by atoms with Gasteiger partial charge in [0.15, 0.2) is 0 Å². The van der Waals surface area contributed by atoms with E-state index in [0.717, 1.165) is 12.8 Å². The van der Waals surface area contributed by atoms with Crippen LogP contribution >= 0.6 is 23.2 Å². The Morgan fingerprint density at radius 1 is 1.26 bits per heavy atom. The maximum absolute atomic E-state index is 11.9. The molecule has 1 aromatic rings. The Labute approximate surface area is 121 Å². The normalized spacial score (nSPS) is 11.9. The first kappa shape index (κ1) is 15.8. The van der Waals surface area contributed by atoms with Crippen LogP contribution in [0.2, 0.25) is 10.0 Å². The van der Waals surface area contributed by atoms with Crippen LogP contribution in [-0.4, -0.2) is 23.0 Å². The summed E-state index contributed by atoms with van der Waals surface area (Å²) in [6, 6.07) is 3.50. The highest BCUT2D eigenvalue weighted by Crippen LogP contribution is 2.19. The number of carboxylic acids is 1. The molecule has 0 spiro atoms. The van der Waals surface area contributed by atoms with E-state index < -0.39 is 17.9 Å². The van der Waals surface area contributed by atoms with E-state index in [4.69, 9.17) is 28.3 Å². The molecule has 1 rings (SSSR count). The number of amides is 1. The van der Waals surface area contributed by atoms with Gasteiger partial charge in [-0.15, -0.1) is 0 Å². The van der Waals surface area contributed by atoms with Crippen molar-refractivity contribution in [2.75, 3.05) is 0 Å². The molecule has 0 heterocycles. The minimum absolute atomic E-state index is 0.250. The summed E-state index contributed by atoms with van der Waals surface area (Å²) >= 11 is 11.6. The fraction of sp³-hybridized carbons (Fsp3) is 0.385. The van der Waals surface area contributed by atoms with Gasteiger partial charge >= 0.3 is 5.97 Å². The van der Waals surface area contributed by atoms with Crippen molar-refractivity contribution >= 4 is 35.1 Å². The van der Waals surface area contributed by atoms with Crippen molar-refractivity contribution in [1.29, 1.82) is 0 Å². The number of halogens is 2. The molecule has 0 aliphatic heterocycles. The molecule has 0 aromatic heterocycles. The molecule has 0 saturated carbocycles. The Hall–Kier alpha value is -1.26. The van der Waals surface area contributed by atoms with Crippen LogP contribution in [-0.2, 0) is 4.79 Å². The van der Waals surface area contributed by atoms with E-state index in [1.165, 1.54) is 18.2 Å². The van der Waals surface area contributed by atoms with Gasteiger partial charge in [-0.1, -0.05) is 43.0 Å². The summed E-state index contributed by atoms with van der Waals surface area (Å²) in [5.74, 6) is -1.54. The van der Waals surface area contributed by atoms with Crippen molar-refractivity contribution in [3.05, 3.63) is 33.8 Å². The van der Waals surface area contributed by atoms with Crippen LogP contribution in [0.5, 0.6) is 0 Å². The molecular weight excluding hydrogens is 289 g/mol. The van der Waals surface area contributed by atoms with Gasteiger partial charge < -0.3 is 10.4 Å². The van der Waals surface area contributed by atoms with Crippen LogP contribution in [0.1, 0.15) is 36.5 Å². The first-order valence-electron chi connectivity index (χ1n) is 5.93. The third kappa shape index (κ3) is 5.09. The molecule has 1 atom stereocenters. The van der Waals surface area contributed by atoms with Crippen molar-refractivity contribution < 1.29 is 14.7 Å². The predicted molar refractivity (Wildman–Crippen MR) is 74.9 cm³/mol. The molecule has 0 fully saturated rings. The fourth-order valence-electron chi connectivity index (χ4n) is 1.59. The van der Waals surface area contributed by atoms with Gasteiger partial charge in [0.2, 0.25) is 0 Å². The smallest absolute Gasteiger partial charge is 0.326 e. The molecule has 1 aromatic carbocycles. The van der Waals surface area contributed by atoms with Crippen LogP contribution < -0.4 is 5.32 Å². The van der Waals surface area contributed by atoms with Crippen molar-refractivity contribution in [1.82, 2.24) is 5.32 Å². The first-order valence-corrected chi connectivity index (χ1v) is 6.69. The van der Waals surface area contributed by atoms with Crippen LogP contribution in [0.3, 0.4) is 0 Å². The van der Waals surface area contributed by atoms with Crippen molar-refractivity contribution in [2.24, 2.45) is 0 Å². The quantitative estimate of drug-likeness (QED) is 0.847. The van der Waals surface area contributed by atoms with Crippen molar-refractivity contribution in [2.45, 2.75) is 32.2 Å². The summed E-state index contributed by atoms with van der Waals surface area (Å²) in [6.07, 6.45) is 1.99. The van der Waals surface area contributed by atoms with E-state index >= 15 is 0 Å². The number of hydrogen-bond donors (Lipinski definition) is 2. The molecular formula is C13H15Cl2NO3. The summed E-state index contributed by atoms with van der Waals surface area (Å²) in [5, 5.41) is 12.2. The number of benzene rings is 1. The zero-order valence-corrected chi connectivity index (χ0v) is 12.0. The van der Waals surface area contributed by atoms with Gasteiger partial charge in [-0.05, 0) is 24.6 Å². The Morgan fingerprint density at radius 2 is 1.84 bits per heavy atom. The number of aliphatic carboxylic acids is 1. The van der Waals surface area contributed by atoms with Gasteiger partial charge in [0, 0.05) is 15.6 Å². The summed E-state index contributed by atoms with van der Waals surface area (Å²) in [6.45, 7) is 1.96. The van der Waals surface area contributed by atoms with Crippen LogP contribution in [0, 0.1) is 0 Å². The molecule has 0 saturated heterocycles. The number of unbranched alkanes of at least 4 members (excludes halogenated alkanes) is 1. The number of carbonyl (C=O) groups is 2. The Kier molecular flexibility index (Phi) is 6.12. The highest BCUT2D eigenvalue weighted by molar-refractivity contribution is 6.35. The van der Waals surface area contributed by atoms with Gasteiger partial charge in [0.25, 0.3) is 5.91 Å². The predicted octanol–water partition coefficient (Wildman–Crippen LogP) is 3.37. The first-order chi connectivity index (χ1) is 8.93. The SMILES string of the molecule is CCCCC(NC(=O)c1cc(Cl)cc(Cl)c1)C(=O)O. The molecule has 0 aliphatic rings. The van der Waals surface area contributed by atoms with E-state index in [1.807, 2.05) is 6.92 Å². The minimum Gasteiger partial charge on any atom is -0.480 e. The molecule has 19 heavy (non-hydrogen) atoms. The van der Waals surface area contributed by atoms with Crippen molar-refractivity contribution in [3.8, 4) is 0 Å².